The molecule has 190 valence electrons. The van der Waals surface area contributed by atoms with Crippen molar-refractivity contribution in [3.63, 3.8) is 0 Å². The van der Waals surface area contributed by atoms with Gasteiger partial charge in [0, 0.05) is 30.1 Å². The number of nitrogen functional groups attached to an aromatic ring is 1. The van der Waals surface area contributed by atoms with Gasteiger partial charge in [-0.25, -0.2) is 4.79 Å². The van der Waals surface area contributed by atoms with Gasteiger partial charge in [-0.05, 0) is 42.8 Å². The summed E-state index contributed by atoms with van der Waals surface area (Å²) >= 11 is 0. The van der Waals surface area contributed by atoms with Gasteiger partial charge in [0.2, 0.25) is 0 Å². The van der Waals surface area contributed by atoms with Crippen LogP contribution in [0.2, 0.25) is 0 Å². The maximum atomic E-state index is 12.3. The number of aliphatic hydroxyl groups is 1. The molecule has 0 aliphatic heterocycles. The topological polar surface area (TPSA) is 190 Å². The molecule has 1 aromatic heterocycles. The fourth-order valence-electron chi connectivity index (χ4n) is 2.64. The number of ether oxygens (including phenoxy) is 1. The molecule has 0 saturated carbocycles. The van der Waals surface area contributed by atoms with Crippen molar-refractivity contribution >= 4 is 29.3 Å². The highest BCUT2D eigenvalue weighted by Crippen LogP contribution is 2.18. The second kappa shape index (κ2) is 14.0. The molecule has 2 atom stereocenters. The Morgan fingerprint density at radius 1 is 1.03 bits per heavy atom. The summed E-state index contributed by atoms with van der Waals surface area (Å²) in [5.41, 5.74) is 14.0. The van der Waals surface area contributed by atoms with E-state index in [2.05, 4.69) is 15.6 Å². The summed E-state index contributed by atoms with van der Waals surface area (Å²) in [6.45, 7) is 1.78. The minimum atomic E-state index is -1.18. The molecule has 11 heteroatoms. The van der Waals surface area contributed by atoms with Crippen molar-refractivity contribution in [1.29, 1.82) is 0 Å². The number of nitrogens with zero attached hydrogens (tertiary/aromatic N) is 1. The first kappa shape index (κ1) is 27.8. The smallest absolute Gasteiger partial charge is 0.407 e. The van der Waals surface area contributed by atoms with Crippen molar-refractivity contribution in [2.45, 2.75) is 32.2 Å². The Bertz CT molecular complexity index is 1140. The van der Waals surface area contributed by atoms with Crippen LogP contribution in [0.1, 0.15) is 28.4 Å². The molecule has 0 fully saturated rings. The van der Waals surface area contributed by atoms with E-state index in [4.69, 9.17) is 26.4 Å². The van der Waals surface area contributed by atoms with Crippen molar-refractivity contribution in [3.8, 4) is 0 Å². The van der Waals surface area contributed by atoms with Crippen LogP contribution in [-0.4, -0.2) is 45.3 Å². The van der Waals surface area contributed by atoms with Crippen LogP contribution in [0.5, 0.6) is 0 Å². The van der Waals surface area contributed by atoms with E-state index < -0.39 is 24.2 Å². The number of pyridine rings is 1. The number of carboxylic acid groups (broad SMARTS) is 1. The number of aliphatic carboxylic acids is 1. The van der Waals surface area contributed by atoms with E-state index in [1.54, 1.807) is 67.0 Å². The van der Waals surface area contributed by atoms with Crippen LogP contribution in [0, 0.1) is 0 Å². The predicted molar refractivity (Wildman–Crippen MR) is 134 cm³/mol. The van der Waals surface area contributed by atoms with Crippen molar-refractivity contribution in [1.82, 2.24) is 10.3 Å². The quantitative estimate of drug-likeness (QED) is 0.254. The lowest BCUT2D eigenvalue weighted by Gasteiger charge is -2.09. The molecule has 0 aliphatic rings. The number of nitrogens with one attached hydrogen (secondary N) is 2. The Hall–Kier alpha value is -4.48. The van der Waals surface area contributed by atoms with Gasteiger partial charge >= 0.3 is 12.1 Å². The standard InChI is InChI=1S/C21H20N4O3.C4H9NO3/c22-18-5-1-2-6-19(18)25-20(26)17-9-7-15(8-10-17)13-24-21(27)28-14-16-4-3-11-23-12-16;1-2(6)3(5)4(7)8/h1-12H,13-14,22H2,(H,24,27)(H,25,26);2-3,6H,5H2,1H3,(H,7,8)/t;2-,3+/m.1/s1. The fraction of sp³-hybridized carbons (Fsp3) is 0.200. The van der Waals surface area contributed by atoms with Gasteiger partial charge < -0.3 is 37.1 Å². The van der Waals surface area contributed by atoms with E-state index in [1.165, 1.54) is 6.92 Å². The van der Waals surface area contributed by atoms with Crippen LogP contribution in [0.15, 0.2) is 73.1 Å². The largest absolute Gasteiger partial charge is 0.480 e. The number of carbonyl (C=O) groups excluding carboxylic acids is 2. The maximum Gasteiger partial charge on any atom is 0.407 e. The number of aromatic nitrogens is 1. The number of hydrogen-bond donors (Lipinski definition) is 6. The number of rotatable bonds is 8. The van der Waals surface area contributed by atoms with Crippen LogP contribution >= 0.6 is 0 Å². The SMILES string of the molecule is C[C@@H](O)[C@H](N)C(=O)O.Nc1ccccc1NC(=O)c1ccc(CNC(=O)OCc2cccnc2)cc1. The van der Waals surface area contributed by atoms with E-state index in [9.17, 15) is 14.4 Å². The van der Waals surface area contributed by atoms with Gasteiger partial charge in [-0.1, -0.05) is 30.3 Å². The number of alkyl carbamates (subject to hydrolysis) is 1. The van der Waals surface area contributed by atoms with Crippen LogP contribution in [0.3, 0.4) is 0 Å². The zero-order valence-electron chi connectivity index (χ0n) is 19.6. The molecular weight excluding hydrogens is 466 g/mol. The monoisotopic (exact) mass is 495 g/mol. The Kier molecular flexibility index (Phi) is 10.8. The van der Waals surface area contributed by atoms with E-state index in [-0.39, 0.29) is 12.5 Å². The van der Waals surface area contributed by atoms with Gasteiger partial charge in [0.15, 0.2) is 0 Å². The fourth-order valence-corrected chi connectivity index (χ4v) is 2.64. The second-order valence-electron chi connectivity index (χ2n) is 7.63. The molecule has 0 saturated heterocycles. The second-order valence-corrected chi connectivity index (χ2v) is 7.63. The lowest BCUT2D eigenvalue weighted by Crippen LogP contribution is -2.39. The lowest BCUT2D eigenvalue weighted by atomic mass is 10.1. The van der Waals surface area contributed by atoms with Crippen LogP contribution < -0.4 is 22.1 Å². The Balaban J connectivity index is 0.000000493. The number of nitrogens with two attached hydrogens (primary N) is 2. The first-order chi connectivity index (χ1) is 17.2. The summed E-state index contributed by atoms with van der Waals surface area (Å²) in [7, 11) is 0. The third kappa shape index (κ3) is 9.41. The number of amides is 2. The summed E-state index contributed by atoms with van der Waals surface area (Å²) in [5, 5.41) is 22.0. The molecular formula is C25H29N5O6. The van der Waals surface area contributed by atoms with Crippen LogP contribution in [0.25, 0.3) is 0 Å². The number of hydrogen-bond acceptors (Lipinski definition) is 8. The average Bonchev–Trinajstić information content (AvgIpc) is 2.88. The molecule has 3 aromatic rings. The van der Waals surface area contributed by atoms with Gasteiger partial charge in [-0.15, -0.1) is 0 Å². The summed E-state index contributed by atoms with van der Waals surface area (Å²) < 4.78 is 5.12. The number of carboxylic acids is 1. The summed E-state index contributed by atoms with van der Waals surface area (Å²) in [6.07, 6.45) is 1.79. The van der Waals surface area contributed by atoms with E-state index >= 15 is 0 Å². The summed E-state index contributed by atoms with van der Waals surface area (Å²) in [6, 6.07) is 16.4. The van der Waals surface area contributed by atoms with Crippen molar-refractivity contribution in [3.05, 3.63) is 89.7 Å². The number of anilines is 2. The molecule has 1 heterocycles. The highest BCUT2D eigenvalue weighted by atomic mass is 16.5. The molecule has 2 amide bonds. The zero-order chi connectivity index (χ0) is 26.5. The van der Waals surface area contributed by atoms with Gasteiger partial charge in [0.25, 0.3) is 5.91 Å². The summed E-state index contributed by atoms with van der Waals surface area (Å²) in [5.74, 6) is -1.44. The van der Waals surface area contributed by atoms with Crippen LogP contribution in [0.4, 0.5) is 16.2 Å². The molecule has 0 radical (unpaired) electrons. The van der Waals surface area contributed by atoms with Crippen molar-refractivity contribution < 1.29 is 29.3 Å². The zero-order valence-corrected chi connectivity index (χ0v) is 19.6. The third-order valence-corrected chi connectivity index (χ3v) is 4.76. The molecule has 11 nitrogen and oxygen atoms in total. The molecule has 36 heavy (non-hydrogen) atoms. The average molecular weight is 496 g/mol. The van der Waals surface area contributed by atoms with E-state index in [1.807, 2.05) is 6.07 Å². The molecule has 3 rings (SSSR count). The minimum Gasteiger partial charge on any atom is -0.480 e. The molecule has 0 aliphatic carbocycles. The Morgan fingerprint density at radius 2 is 1.72 bits per heavy atom. The van der Waals surface area contributed by atoms with Crippen molar-refractivity contribution in [2.75, 3.05) is 11.1 Å². The lowest BCUT2D eigenvalue weighted by molar-refractivity contribution is -0.140. The molecule has 8 N–H and O–H groups in total. The molecule has 2 aromatic carbocycles. The minimum absolute atomic E-state index is 0.154. The van der Waals surface area contributed by atoms with Gasteiger partial charge in [0.1, 0.15) is 12.6 Å². The number of benzene rings is 2. The molecule has 0 bridgehead atoms. The summed E-state index contributed by atoms with van der Waals surface area (Å²) in [4.78, 5) is 37.9. The number of carbonyl (C=O) groups is 3. The van der Waals surface area contributed by atoms with Gasteiger partial charge in [-0.3, -0.25) is 14.6 Å². The molecule has 0 unspecified atom stereocenters. The Labute approximate surface area is 208 Å². The van der Waals surface area contributed by atoms with E-state index in [0.29, 0.717) is 23.5 Å². The van der Waals surface area contributed by atoms with Gasteiger partial charge in [-0.2, -0.15) is 0 Å². The number of para-hydroxylation sites is 2. The normalized spacial score (nSPS) is 11.8. The van der Waals surface area contributed by atoms with Crippen LogP contribution in [-0.2, 0) is 22.7 Å². The predicted octanol–water partition coefficient (Wildman–Crippen LogP) is 2.12. The van der Waals surface area contributed by atoms with Gasteiger partial charge in [0.05, 0.1) is 17.5 Å². The third-order valence-electron chi connectivity index (χ3n) is 4.76. The number of aliphatic hydroxyl groups excluding tert-OH is 1. The highest BCUT2D eigenvalue weighted by molar-refractivity contribution is 6.05. The molecule has 0 spiro atoms. The maximum absolute atomic E-state index is 12.3. The van der Waals surface area contributed by atoms with Crippen molar-refractivity contribution in [2.24, 2.45) is 5.73 Å². The highest BCUT2D eigenvalue weighted by Gasteiger charge is 2.16. The first-order valence-electron chi connectivity index (χ1n) is 10.9. The Morgan fingerprint density at radius 3 is 2.28 bits per heavy atom. The first-order valence-corrected chi connectivity index (χ1v) is 10.9. The van der Waals surface area contributed by atoms with E-state index in [0.717, 1.165) is 11.1 Å².